The van der Waals surface area contributed by atoms with Crippen LogP contribution in [0.3, 0.4) is 0 Å². The van der Waals surface area contributed by atoms with Crippen molar-refractivity contribution in [1.82, 2.24) is 15.1 Å². The lowest BCUT2D eigenvalue weighted by molar-refractivity contribution is -0.132. The van der Waals surface area contributed by atoms with Crippen LogP contribution in [0.25, 0.3) is 0 Å². The smallest absolute Gasteiger partial charge is 0.240 e. The van der Waals surface area contributed by atoms with E-state index in [2.05, 4.69) is 15.1 Å². The van der Waals surface area contributed by atoms with Crippen LogP contribution in [0.15, 0.2) is 0 Å². The second-order valence-electron chi connectivity index (χ2n) is 5.92. The van der Waals surface area contributed by atoms with Crippen LogP contribution in [0.1, 0.15) is 32.1 Å². The lowest BCUT2D eigenvalue weighted by atomic mass is 10.2. The van der Waals surface area contributed by atoms with Crippen molar-refractivity contribution in [3.8, 4) is 0 Å². The largest absolute Gasteiger partial charge is 0.340 e. The average molecular weight is 283 g/mol. The highest BCUT2D eigenvalue weighted by atomic mass is 32.2. The van der Waals surface area contributed by atoms with Gasteiger partial charge in [-0.15, -0.1) is 11.8 Å². The van der Waals surface area contributed by atoms with Crippen molar-refractivity contribution in [2.75, 3.05) is 37.8 Å². The number of amides is 1. The molecule has 1 unspecified atom stereocenters. The van der Waals surface area contributed by atoms with Gasteiger partial charge in [-0.2, -0.15) is 0 Å². The maximum atomic E-state index is 12.4. The number of rotatable bonds is 2. The molecule has 2 aliphatic heterocycles. The van der Waals surface area contributed by atoms with Gasteiger partial charge >= 0.3 is 0 Å². The maximum Gasteiger partial charge on any atom is 0.240 e. The first-order valence-corrected chi connectivity index (χ1v) is 8.84. The number of carbonyl (C=O) groups excluding carboxylic acids is 1. The van der Waals surface area contributed by atoms with E-state index in [0.717, 1.165) is 43.7 Å². The molecule has 1 atom stereocenters. The van der Waals surface area contributed by atoms with Gasteiger partial charge in [0.15, 0.2) is 0 Å². The Kier molecular flexibility index (Phi) is 4.66. The summed E-state index contributed by atoms with van der Waals surface area (Å²) in [6.07, 6.45) is 6.67. The molecule has 3 fully saturated rings. The molecular formula is C14H25N3OS. The van der Waals surface area contributed by atoms with Crippen LogP contribution >= 0.6 is 11.8 Å². The molecule has 19 heavy (non-hydrogen) atoms. The third-order valence-electron chi connectivity index (χ3n) is 4.70. The molecule has 0 bridgehead atoms. The quantitative estimate of drug-likeness (QED) is 0.824. The highest BCUT2D eigenvalue weighted by Crippen LogP contribution is 2.24. The van der Waals surface area contributed by atoms with Gasteiger partial charge in [-0.1, -0.05) is 12.8 Å². The summed E-state index contributed by atoms with van der Waals surface area (Å²) in [7, 11) is 0. The molecule has 0 spiro atoms. The van der Waals surface area contributed by atoms with Crippen LogP contribution < -0.4 is 5.32 Å². The van der Waals surface area contributed by atoms with Crippen LogP contribution in [0, 0.1) is 0 Å². The molecule has 3 rings (SSSR count). The third-order valence-corrected chi connectivity index (χ3v) is 5.64. The van der Waals surface area contributed by atoms with Gasteiger partial charge in [0.25, 0.3) is 0 Å². The van der Waals surface area contributed by atoms with Crippen LogP contribution in [0.5, 0.6) is 0 Å². The van der Waals surface area contributed by atoms with Crippen LogP contribution in [-0.4, -0.2) is 65.6 Å². The lowest BCUT2D eigenvalue weighted by Crippen LogP contribution is -2.46. The minimum Gasteiger partial charge on any atom is -0.340 e. The Hall–Kier alpha value is -0.260. The Labute approximate surface area is 120 Å². The first-order chi connectivity index (χ1) is 9.34. The summed E-state index contributed by atoms with van der Waals surface area (Å²) in [5.74, 6) is 2.21. The normalized spacial score (nSPS) is 30.7. The zero-order valence-electron chi connectivity index (χ0n) is 11.6. The van der Waals surface area contributed by atoms with E-state index in [1.54, 1.807) is 0 Å². The predicted octanol–water partition coefficient (Wildman–Crippen LogP) is 1.13. The maximum absolute atomic E-state index is 12.4. The van der Waals surface area contributed by atoms with Gasteiger partial charge in [0.2, 0.25) is 5.91 Å². The van der Waals surface area contributed by atoms with E-state index >= 15 is 0 Å². The highest BCUT2D eigenvalue weighted by Gasteiger charge is 2.30. The summed E-state index contributed by atoms with van der Waals surface area (Å²) in [6.45, 7) is 4.14. The number of carbonyl (C=O) groups is 1. The monoisotopic (exact) mass is 283 g/mol. The lowest BCUT2D eigenvalue weighted by Gasteiger charge is -2.27. The molecule has 1 saturated carbocycles. The van der Waals surface area contributed by atoms with Crippen LogP contribution in [0.4, 0.5) is 0 Å². The van der Waals surface area contributed by atoms with Crippen molar-refractivity contribution in [1.29, 1.82) is 0 Å². The van der Waals surface area contributed by atoms with Crippen LogP contribution in [-0.2, 0) is 4.79 Å². The van der Waals surface area contributed by atoms with Crippen molar-refractivity contribution in [3.63, 3.8) is 0 Å². The highest BCUT2D eigenvalue weighted by molar-refractivity contribution is 7.99. The fourth-order valence-corrected chi connectivity index (χ4v) is 4.50. The van der Waals surface area contributed by atoms with E-state index in [1.807, 2.05) is 11.8 Å². The van der Waals surface area contributed by atoms with Crippen molar-refractivity contribution in [2.45, 2.75) is 44.2 Å². The van der Waals surface area contributed by atoms with Gasteiger partial charge in [0.05, 0.1) is 6.04 Å². The first-order valence-electron chi connectivity index (χ1n) is 7.68. The molecule has 1 amide bonds. The molecule has 3 aliphatic rings. The number of hydrogen-bond donors (Lipinski definition) is 1. The molecule has 2 saturated heterocycles. The van der Waals surface area contributed by atoms with Crippen molar-refractivity contribution in [2.24, 2.45) is 0 Å². The molecule has 1 N–H and O–H groups in total. The molecule has 4 nitrogen and oxygen atoms in total. The predicted molar refractivity (Wildman–Crippen MR) is 79.3 cm³/mol. The fourth-order valence-electron chi connectivity index (χ4n) is 3.57. The van der Waals surface area contributed by atoms with E-state index < -0.39 is 0 Å². The molecule has 0 aromatic heterocycles. The van der Waals surface area contributed by atoms with Gasteiger partial charge in [0.1, 0.15) is 0 Å². The summed E-state index contributed by atoms with van der Waals surface area (Å²) in [5.41, 5.74) is 0. The number of nitrogens with one attached hydrogen (secondary N) is 1. The molecule has 0 radical (unpaired) electrons. The topological polar surface area (TPSA) is 35.6 Å². The van der Waals surface area contributed by atoms with Gasteiger partial charge in [0, 0.05) is 43.9 Å². The molecular weight excluding hydrogens is 258 g/mol. The minimum atomic E-state index is 0.0723. The van der Waals surface area contributed by atoms with Crippen molar-refractivity contribution < 1.29 is 4.79 Å². The van der Waals surface area contributed by atoms with E-state index in [1.165, 1.54) is 32.2 Å². The Morgan fingerprint density at radius 3 is 2.63 bits per heavy atom. The van der Waals surface area contributed by atoms with E-state index in [-0.39, 0.29) is 6.04 Å². The molecule has 108 valence electrons. The fraction of sp³-hybridized carbons (Fsp3) is 0.929. The van der Waals surface area contributed by atoms with Gasteiger partial charge in [-0.05, 0) is 19.3 Å². The van der Waals surface area contributed by atoms with Gasteiger partial charge < -0.3 is 4.90 Å². The standard InChI is InChI=1S/C14H25N3OS/c18-14(13-10-19-11-15-13)17-7-3-6-16(8-9-17)12-4-1-2-5-12/h12-13,15H,1-11H2. The van der Waals surface area contributed by atoms with Crippen molar-refractivity contribution >= 4 is 17.7 Å². The Morgan fingerprint density at radius 2 is 1.89 bits per heavy atom. The summed E-state index contributed by atoms with van der Waals surface area (Å²) in [4.78, 5) is 17.1. The van der Waals surface area contributed by atoms with Gasteiger partial charge in [-0.25, -0.2) is 0 Å². The van der Waals surface area contributed by atoms with E-state index in [4.69, 9.17) is 0 Å². The number of nitrogens with zero attached hydrogens (tertiary/aromatic N) is 2. The van der Waals surface area contributed by atoms with Crippen molar-refractivity contribution in [3.05, 3.63) is 0 Å². The summed E-state index contributed by atoms with van der Waals surface area (Å²) in [6, 6.07) is 0.873. The zero-order chi connectivity index (χ0) is 13.1. The number of thioether (sulfide) groups is 1. The molecule has 1 aliphatic carbocycles. The Balaban J connectivity index is 1.53. The third kappa shape index (κ3) is 3.26. The van der Waals surface area contributed by atoms with E-state index in [9.17, 15) is 4.79 Å². The second kappa shape index (κ2) is 6.46. The molecule has 5 heteroatoms. The molecule has 0 aromatic carbocycles. The summed E-state index contributed by atoms with van der Waals surface area (Å²) >= 11 is 1.83. The average Bonchev–Trinajstić information content (AvgIpc) is 3.08. The molecule has 2 heterocycles. The SMILES string of the molecule is O=C(C1CSCN1)N1CCCN(C2CCCC2)CC1. The van der Waals surface area contributed by atoms with Gasteiger partial charge in [-0.3, -0.25) is 15.0 Å². The summed E-state index contributed by atoms with van der Waals surface area (Å²) < 4.78 is 0. The van der Waals surface area contributed by atoms with E-state index in [0.29, 0.717) is 5.91 Å². The molecule has 0 aromatic rings. The summed E-state index contributed by atoms with van der Waals surface area (Å²) in [5, 5.41) is 3.30. The Morgan fingerprint density at radius 1 is 1.05 bits per heavy atom. The first kappa shape index (κ1) is 13.7. The Bertz CT molecular complexity index is 314. The number of hydrogen-bond acceptors (Lipinski definition) is 4. The zero-order valence-corrected chi connectivity index (χ0v) is 12.5. The second-order valence-corrected chi connectivity index (χ2v) is 6.96. The van der Waals surface area contributed by atoms with Crippen LogP contribution in [0.2, 0.25) is 0 Å². The minimum absolute atomic E-state index is 0.0723.